The minimum atomic E-state index is -0.175. The van der Waals surface area contributed by atoms with Crippen LogP contribution in [0.4, 0.5) is 0 Å². The molecule has 1 heterocycles. The third kappa shape index (κ3) is 3.00. The van der Waals surface area contributed by atoms with Gasteiger partial charge in [0.2, 0.25) is 0 Å². The van der Waals surface area contributed by atoms with Crippen LogP contribution in [0.25, 0.3) is 0 Å². The van der Waals surface area contributed by atoms with Crippen LogP contribution in [0.3, 0.4) is 0 Å². The van der Waals surface area contributed by atoms with Crippen molar-refractivity contribution in [2.45, 2.75) is 32.1 Å². The van der Waals surface area contributed by atoms with Gasteiger partial charge in [0.25, 0.3) is 11.8 Å². The van der Waals surface area contributed by atoms with Crippen molar-refractivity contribution in [1.82, 2.24) is 4.90 Å². The Hall–Kier alpha value is -1.68. The van der Waals surface area contributed by atoms with Gasteiger partial charge in [-0.3, -0.25) is 14.5 Å². The van der Waals surface area contributed by atoms with Crippen LogP contribution in [0.15, 0.2) is 24.3 Å². The summed E-state index contributed by atoms with van der Waals surface area (Å²) >= 11 is 0. The number of imide groups is 1. The predicted octanol–water partition coefficient (Wildman–Crippen LogP) is 2.88. The average molecular weight is 287 g/mol. The molecule has 21 heavy (non-hydrogen) atoms. The van der Waals surface area contributed by atoms with E-state index in [9.17, 15) is 9.59 Å². The van der Waals surface area contributed by atoms with Crippen molar-refractivity contribution in [2.75, 3.05) is 19.8 Å². The van der Waals surface area contributed by atoms with Crippen LogP contribution in [-0.2, 0) is 4.74 Å². The fraction of sp³-hybridized carbons (Fsp3) is 0.529. The van der Waals surface area contributed by atoms with Crippen molar-refractivity contribution < 1.29 is 14.3 Å². The molecule has 0 spiro atoms. The second-order valence-electron chi connectivity index (χ2n) is 5.89. The van der Waals surface area contributed by atoms with E-state index >= 15 is 0 Å². The lowest BCUT2D eigenvalue weighted by atomic mass is 10.1. The average Bonchev–Trinajstić information content (AvgIpc) is 3.10. The lowest BCUT2D eigenvalue weighted by Gasteiger charge is -2.14. The molecule has 1 saturated carbocycles. The van der Waals surface area contributed by atoms with Crippen LogP contribution in [0.5, 0.6) is 0 Å². The van der Waals surface area contributed by atoms with Crippen LogP contribution in [-0.4, -0.2) is 36.5 Å². The lowest BCUT2D eigenvalue weighted by molar-refractivity contribution is 0.0608. The molecule has 1 aliphatic heterocycles. The number of rotatable bonds is 6. The molecular weight excluding hydrogens is 266 g/mol. The van der Waals surface area contributed by atoms with Crippen LogP contribution < -0.4 is 0 Å². The quantitative estimate of drug-likeness (QED) is 0.597. The zero-order valence-corrected chi connectivity index (χ0v) is 12.2. The van der Waals surface area contributed by atoms with Gasteiger partial charge in [-0.1, -0.05) is 25.0 Å². The molecule has 112 valence electrons. The van der Waals surface area contributed by atoms with E-state index in [1.54, 1.807) is 24.3 Å². The van der Waals surface area contributed by atoms with Crippen LogP contribution in [0, 0.1) is 5.92 Å². The monoisotopic (exact) mass is 287 g/mol. The van der Waals surface area contributed by atoms with Crippen LogP contribution in [0.2, 0.25) is 0 Å². The first-order valence-electron chi connectivity index (χ1n) is 7.80. The minimum Gasteiger partial charge on any atom is -0.381 e. The summed E-state index contributed by atoms with van der Waals surface area (Å²) in [5, 5.41) is 0. The maximum atomic E-state index is 12.1. The fourth-order valence-electron chi connectivity index (χ4n) is 3.19. The maximum Gasteiger partial charge on any atom is 0.261 e. The first kappa shape index (κ1) is 14.3. The van der Waals surface area contributed by atoms with Crippen molar-refractivity contribution in [2.24, 2.45) is 5.92 Å². The molecule has 1 aromatic carbocycles. The highest BCUT2D eigenvalue weighted by atomic mass is 16.5. The number of hydrogen-bond acceptors (Lipinski definition) is 3. The third-order valence-corrected chi connectivity index (χ3v) is 4.38. The Morgan fingerprint density at radius 3 is 2.29 bits per heavy atom. The van der Waals surface area contributed by atoms with Crippen LogP contribution >= 0.6 is 0 Å². The normalized spacial score (nSPS) is 18.6. The first-order valence-corrected chi connectivity index (χ1v) is 7.80. The van der Waals surface area contributed by atoms with Gasteiger partial charge >= 0.3 is 0 Å². The molecule has 1 aliphatic carbocycles. The topological polar surface area (TPSA) is 46.6 Å². The molecule has 0 saturated heterocycles. The van der Waals surface area contributed by atoms with Gasteiger partial charge in [-0.25, -0.2) is 0 Å². The number of hydrogen-bond donors (Lipinski definition) is 0. The summed E-state index contributed by atoms with van der Waals surface area (Å²) in [7, 11) is 0. The molecular formula is C17H21NO3. The number of benzene rings is 1. The van der Waals surface area contributed by atoms with Gasteiger partial charge in [-0.2, -0.15) is 0 Å². The molecule has 0 aromatic heterocycles. The van der Waals surface area contributed by atoms with Gasteiger partial charge in [-0.05, 0) is 37.3 Å². The number of carbonyl (C=O) groups is 2. The second-order valence-corrected chi connectivity index (χ2v) is 5.89. The smallest absolute Gasteiger partial charge is 0.261 e. The molecule has 1 aromatic rings. The van der Waals surface area contributed by atoms with E-state index in [4.69, 9.17) is 4.74 Å². The highest BCUT2D eigenvalue weighted by Gasteiger charge is 2.34. The Morgan fingerprint density at radius 2 is 1.67 bits per heavy atom. The van der Waals surface area contributed by atoms with Crippen molar-refractivity contribution in [3.63, 3.8) is 0 Å². The Balaban J connectivity index is 1.44. The second kappa shape index (κ2) is 6.39. The first-order chi connectivity index (χ1) is 10.3. The number of amides is 2. The molecule has 1 fully saturated rings. The maximum absolute atomic E-state index is 12.1. The Labute approximate surface area is 125 Å². The van der Waals surface area contributed by atoms with E-state index in [0.29, 0.717) is 36.6 Å². The predicted molar refractivity (Wildman–Crippen MR) is 79.2 cm³/mol. The molecule has 0 radical (unpaired) electrons. The van der Waals surface area contributed by atoms with E-state index in [1.165, 1.54) is 30.6 Å². The molecule has 4 heteroatoms. The van der Waals surface area contributed by atoms with Gasteiger partial charge in [0.1, 0.15) is 0 Å². The molecule has 2 aliphatic rings. The Bertz CT molecular complexity index is 500. The highest BCUT2D eigenvalue weighted by Crippen LogP contribution is 2.25. The number of carbonyl (C=O) groups excluding carboxylic acids is 2. The van der Waals surface area contributed by atoms with Crippen molar-refractivity contribution >= 4 is 11.8 Å². The van der Waals surface area contributed by atoms with E-state index < -0.39 is 0 Å². The zero-order valence-electron chi connectivity index (χ0n) is 12.2. The zero-order chi connectivity index (χ0) is 14.7. The summed E-state index contributed by atoms with van der Waals surface area (Å²) in [6.07, 6.45) is 5.90. The molecule has 0 bridgehead atoms. The summed E-state index contributed by atoms with van der Waals surface area (Å²) in [6, 6.07) is 7.01. The highest BCUT2D eigenvalue weighted by molar-refractivity contribution is 6.21. The van der Waals surface area contributed by atoms with Crippen molar-refractivity contribution in [1.29, 1.82) is 0 Å². The molecule has 3 rings (SSSR count). The molecule has 0 atom stereocenters. The fourth-order valence-corrected chi connectivity index (χ4v) is 3.19. The SMILES string of the molecule is O=C1c2ccccc2C(=O)N1CCCOCC1CCCC1. The minimum absolute atomic E-state index is 0.175. The molecule has 0 unspecified atom stereocenters. The summed E-state index contributed by atoms with van der Waals surface area (Å²) in [6.45, 7) is 1.88. The molecule has 2 amide bonds. The molecule has 4 nitrogen and oxygen atoms in total. The van der Waals surface area contributed by atoms with Crippen LogP contribution in [0.1, 0.15) is 52.8 Å². The van der Waals surface area contributed by atoms with Gasteiger partial charge in [-0.15, -0.1) is 0 Å². The number of ether oxygens (including phenoxy) is 1. The van der Waals surface area contributed by atoms with E-state index in [0.717, 1.165) is 6.61 Å². The van der Waals surface area contributed by atoms with Gasteiger partial charge < -0.3 is 4.74 Å². The van der Waals surface area contributed by atoms with Crippen molar-refractivity contribution in [3.05, 3.63) is 35.4 Å². The largest absolute Gasteiger partial charge is 0.381 e. The number of nitrogens with zero attached hydrogens (tertiary/aromatic N) is 1. The van der Waals surface area contributed by atoms with Gasteiger partial charge in [0, 0.05) is 19.8 Å². The van der Waals surface area contributed by atoms with E-state index in [2.05, 4.69) is 0 Å². The third-order valence-electron chi connectivity index (χ3n) is 4.38. The van der Waals surface area contributed by atoms with E-state index in [1.807, 2.05) is 0 Å². The summed E-state index contributed by atoms with van der Waals surface area (Å²) in [5.41, 5.74) is 1.05. The Morgan fingerprint density at radius 1 is 1.05 bits per heavy atom. The van der Waals surface area contributed by atoms with Gasteiger partial charge in [0.15, 0.2) is 0 Å². The Kier molecular flexibility index (Phi) is 4.34. The van der Waals surface area contributed by atoms with Gasteiger partial charge in [0.05, 0.1) is 11.1 Å². The van der Waals surface area contributed by atoms with E-state index in [-0.39, 0.29) is 11.8 Å². The summed E-state index contributed by atoms with van der Waals surface area (Å²) in [4.78, 5) is 25.6. The standard InChI is InChI=1S/C17H21NO3/c19-16-14-8-3-4-9-15(14)17(20)18(16)10-5-11-21-12-13-6-1-2-7-13/h3-4,8-9,13H,1-2,5-7,10-12H2. The number of fused-ring (bicyclic) bond motifs is 1. The summed E-state index contributed by atoms with van der Waals surface area (Å²) < 4.78 is 5.68. The summed E-state index contributed by atoms with van der Waals surface area (Å²) in [5.74, 6) is 0.363. The van der Waals surface area contributed by atoms with Crippen molar-refractivity contribution in [3.8, 4) is 0 Å². The lowest BCUT2D eigenvalue weighted by Crippen LogP contribution is -2.31. The molecule has 0 N–H and O–H groups in total.